The van der Waals surface area contributed by atoms with Crippen LogP contribution < -0.4 is 5.32 Å². The molecule has 1 atom stereocenters. The van der Waals surface area contributed by atoms with Gasteiger partial charge in [-0.1, -0.05) is 25.8 Å². The summed E-state index contributed by atoms with van der Waals surface area (Å²) in [5.41, 5.74) is 1.41. The van der Waals surface area contributed by atoms with E-state index in [4.69, 9.17) is 0 Å². The number of nitrogens with zero attached hydrogens (tertiary/aromatic N) is 2. The summed E-state index contributed by atoms with van der Waals surface area (Å²) in [5, 5.41) is 3.68. The largest absolute Gasteiger partial charge is 0.309 e. The van der Waals surface area contributed by atoms with Gasteiger partial charge in [0.2, 0.25) is 0 Å². The average Bonchev–Trinajstić information content (AvgIpc) is 2.75. The van der Waals surface area contributed by atoms with E-state index in [1.54, 1.807) is 0 Å². The Labute approximate surface area is 123 Å². The Hall–Kier alpha value is -0.930. The molecule has 1 aromatic heterocycles. The quantitative estimate of drug-likeness (QED) is 0.893. The van der Waals surface area contributed by atoms with Gasteiger partial charge in [0.25, 0.3) is 0 Å². The summed E-state index contributed by atoms with van der Waals surface area (Å²) in [4.78, 5) is 6.97. The second-order valence-electron chi connectivity index (χ2n) is 6.33. The molecule has 1 aliphatic rings. The Balaban J connectivity index is 2.21. The number of likely N-dealkylation sites (tertiary alicyclic amines) is 1. The summed E-state index contributed by atoms with van der Waals surface area (Å²) in [7, 11) is 0. The van der Waals surface area contributed by atoms with Crippen LogP contribution in [0.2, 0.25) is 0 Å². The van der Waals surface area contributed by atoms with Gasteiger partial charge in [-0.3, -0.25) is 9.88 Å². The molecule has 20 heavy (non-hydrogen) atoms. The standard InChI is InChI=1S/C17H29N3/c1-4-19-16(15-10-9-11-18-14-15)17(2,3)20-12-7-5-6-8-13-20/h9-11,14,16,19H,4-8,12-13H2,1-3H3. The molecule has 1 unspecified atom stereocenters. The van der Waals surface area contributed by atoms with Crippen molar-refractivity contribution in [3.05, 3.63) is 30.1 Å². The van der Waals surface area contributed by atoms with Gasteiger partial charge < -0.3 is 5.32 Å². The summed E-state index contributed by atoms with van der Waals surface area (Å²) in [6.07, 6.45) is 9.28. The van der Waals surface area contributed by atoms with E-state index >= 15 is 0 Å². The summed E-state index contributed by atoms with van der Waals surface area (Å²) >= 11 is 0. The third-order valence-corrected chi connectivity index (χ3v) is 4.55. The van der Waals surface area contributed by atoms with Gasteiger partial charge in [0.1, 0.15) is 0 Å². The Morgan fingerprint density at radius 3 is 2.50 bits per heavy atom. The number of rotatable bonds is 5. The molecule has 2 heterocycles. The lowest BCUT2D eigenvalue weighted by molar-refractivity contribution is 0.0839. The lowest BCUT2D eigenvalue weighted by Crippen LogP contribution is -2.53. The van der Waals surface area contributed by atoms with Gasteiger partial charge in [0, 0.05) is 17.9 Å². The Bertz CT molecular complexity index is 380. The van der Waals surface area contributed by atoms with Crippen LogP contribution >= 0.6 is 0 Å². The molecular formula is C17H29N3. The number of likely N-dealkylation sites (N-methyl/N-ethyl adjacent to an activating group) is 1. The van der Waals surface area contributed by atoms with E-state index < -0.39 is 0 Å². The SMILES string of the molecule is CCNC(c1cccnc1)C(C)(C)N1CCCCCC1. The van der Waals surface area contributed by atoms with Crippen molar-refractivity contribution in [2.75, 3.05) is 19.6 Å². The van der Waals surface area contributed by atoms with E-state index in [1.807, 2.05) is 18.5 Å². The maximum atomic E-state index is 4.31. The van der Waals surface area contributed by atoms with Crippen LogP contribution in [-0.2, 0) is 0 Å². The topological polar surface area (TPSA) is 28.2 Å². The van der Waals surface area contributed by atoms with E-state index in [0.29, 0.717) is 6.04 Å². The fraction of sp³-hybridized carbons (Fsp3) is 0.706. The molecule has 0 bridgehead atoms. The highest BCUT2D eigenvalue weighted by molar-refractivity contribution is 5.19. The van der Waals surface area contributed by atoms with E-state index in [0.717, 1.165) is 6.54 Å². The van der Waals surface area contributed by atoms with Crippen molar-refractivity contribution in [2.24, 2.45) is 0 Å². The lowest BCUT2D eigenvalue weighted by Gasteiger charge is -2.44. The Morgan fingerprint density at radius 2 is 1.95 bits per heavy atom. The Morgan fingerprint density at radius 1 is 1.25 bits per heavy atom. The predicted octanol–water partition coefficient (Wildman–Crippen LogP) is 3.39. The summed E-state index contributed by atoms with van der Waals surface area (Å²) in [6.45, 7) is 10.3. The van der Waals surface area contributed by atoms with Crippen LogP contribution in [0.25, 0.3) is 0 Å². The second kappa shape index (κ2) is 7.19. The fourth-order valence-corrected chi connectivity index (χ4v) is 3.36. The van der Waals surface area contributed by atoms with Crippen molar-refractivity contribution in [3.8, 4) is 0 Å². The smallest absolute Gasteiger partial charge is 0.0517 e. The molecule has 1 saturated heterocycles. The van der Waals surface area contributed by atoms with Crippen LogP contribution in [0.4, 0.5) is 0 Å². The first kappa shape index (κ1) is 15.5. The van der Waals surface area contributed by atoms with E-state index in [2.05, 4.69) is 42.0 Å². The Kier molecular flexibility index (Phi) is 5.55. The fourth-order valence-electron chi connectivity index (χ4n) is 3.36. The number of hydrogen-bond acceptors (Lipinski definition) is 3. The highest BCUT2D eigenvalue weighted by Crippen LogP contribution is 2.32. The van der Waals surface area contributed by atoms with Crippen molar-refractivity contribution in [3.63, 3.8) is 0 Å². The molecule has 0 aliphatic carbocycles. The average molecular weight is 275 g/mol. The van der Waals surface area contributed by atoms with Gasteiger partial charge in [-0.05, 0) is 58.0 Å². The number of pyridine rings is 1. The highest BCUT2D eigenvalue weighted by Gasteiger charge is 2.36. The van der Waals surface area contributed by atoms with Gasteiger partial charge in [0.15, 0.2) is 0 Å². The molecule has 1 N–H and O–H groups in total. The molecular weight excluding hydrogens is 246 g/mol. The van der Waals surface area contributed by atoms with Gasteiger partial charge in [0.05, 0.1) is 6.04 Å². The van der Waals surface area contributed by atoms with Crippen LogP contribution in [-0.4, -0.2) is 35.1 Å². The molecule has 0 spiro atoms. The first-order valence-corrected chi connectivity index (χ1v) is 8.04. The molecule has 0 amide bonds. The summed E-state index contributed by atoms with van der Waals surface area (Å²) < 4.78 is 0. The lowest BCUT2D eigenvalue weighted by atomic mass is 9.87. The van der Waals surface area contributed by atoms with Crippen molar-refractivity contribution >= 4 is 0 Å². The monoisotopic (exact) mass is 275 g/mol. The number of nitrogens with one attached hydrogen (secondary N) is 1. The third kappa shape index (κ3) is 3.58. The molecule has 0 saturated carbocycles. The van der Waals surface area contributed by atoms with Gasteiger partial charge in [-0.15, -0.1) is 0 Å². The number of hydrogen-bond donors (Lipinski definition) is 1. The van der Waals surface area contributed by atoms with Crippen LogP contribution in [0, 0.1) is 0 Å². The summed E-state index contributed by atoms with van der Waals surface area (Å²) in [5.74, 6) is 0. The first-order chi connectivity index (χ1) is 9.66. The molecule has 0 aromatic carbocycles. The normalized spacial score (nSPS) is 19.6. The summed E-state index contributed by atoms with van der Waals surface area (Å²) in [6, 6.07) is 4.57. The molecule has 2 rings (SSSR count). The zero-order valence-corrected chi connectivity index (χ0v) is 13.2. The van der Waals surface area contributed by atoms with Crippen LogP contribution in [0.5, 0.6) is 0 Å². The maximum Gasteiger partial charge on any atom is 0.0517 e. The van der Waals surface area contributed by atoms with Crippen LogP contribution in [0.15, 0.2) is 24.5 Å². The minimum atomic E-state index is 0.114. The zero-order valence-electron chi connectivity index (χ0n) is 13.2. The minimum Gasteiger partial charge on any atom is -0.309 e. The molecule has 1 aromatic rings. The molecule has 112 valence electrons. The molecule has 3 heteroatoms. The van der Waals surface area contributed by atoms with Crippen molar-refractivity contribution < 1.29 is 0 Å². The molecule has 1 aliphatic heterocycles. The van der Waals surface area contributed by atoms with Gasteiger partial charge in [-0.2, -0.15) is 0 Å². The van der Waals surface area contributed by atoms with Crippen molar-refractivity contribution in [2.45, 2.75) is 58.0 Å². The third-order valence-electron chi connectivity index (χ3n) is 4.55. The van der Waals surface area contributed by atoms with Crippen LogP contribution in [0.3, 0.4) is 0 Å². The van der Waals surface area contributed by atoms with Crippen molar-refractivity contribution in [1.82, 2.24) is 15.2 Å². The second-order valence-corrected chi connectivity index (χ2v) is 6.33. The first-order valence-electron chi connectivity index (χ1n) is 8.04. The van der Waals surface area contributed by atoms with E-state index in [-0.39, 0.29) is 5.54 Å². The van der Waals surface area contributed by atoms with Crippen molar-refractivity contribution in [1.29, 1.82) is 0 Å². The van der Waals surface area contributed by atoms with Crippen LogP contribution in [0.1, 0.15) is 58.1 Å². The van der Waals surface area contributed by atoms with E-state index in [1.165, 1.54) is 44.3 Å². The van der Waals surface area contributed by atoms with Gasteiger partial charge >= 0.3 is 0 Å². The molecule has 0 radical (unpaired) electrons. The predicted molar refractivity (Wildman–Crippen MR) is 84.8 cm³/mol. The molecule has 3 nitrogen and oxygen atoms in total. The zero-order chi connectivity index (χ0) is 14.4. The molecule has 1 fully saturated rings. The highest BCUT2D eigenvalue weighted by atomic mass is 15.2. The van der Waals surface area contributed by atoms with E-state index in [9.17, 15) is 0 Å². The minimum absolute atomic E-state index is 0.114. The number of aromatic nitrogens is 1. The maximum absolute atomic E-state index is 4.31. The van der Waals surface area contributed by atoms with Gasteiger partial charge in [-0.25, -0.2) is 0 Å².